The highest BCUT2D eigenvalue weighted by atomic mass is 35.5. The van der Waals surface area contributed by atoms with Crippen LogP contribution in [0.2, 0.25) is 5.02 Å². The van der Waals surface area contributed by atoms with Gasteiger partial charge in [-0.1, -0.05) is 49.2 Å². The number of rotatable bonds is 3. The lowest BCUT2D eigenvalue weighted by atomic mass is 9.69. The first-order valence-corrected chi connectivity index (χ1v) is 9.73. The lowest BCUT2D eigenvalue weighted by Gasteiger charge is -2.35. The number of fused-ring (bicyclic) bond motifs is 3. The molecule has 0 spiro atoms. The molecule has 0 radical (unpaired) electrons. The van der Waals surface area contributed by atoms with Crippen LogP contribution < -0.4 is 0 Å². The van der Waals surface area contributed by atoms with Crippen LogP contribution in [-0.2, 0) is 6.42 Å². The summed E-state index contributed by atoms with van der Waals surface area (Å²) >= 11 is 5.69. The van der Waals surface area contributed by atoms with E-state index < -0.39 is 16.7 Å². The van der Waals surface area contributed by atoms with E-state index in [0.717, 1.165) is 42.2 Å². The Morgan fingerprint density at radius 2 is 1.70 bits per heavy atom. The summed E-state index contributed by atoms with van der Waals surface area (Å²) in [6, 6.07) is 11.5. The fraction of sp³-hybridized carbons (Fsp3) is 0.304. The molecule has 140 valence electrons. The van der Waals surface area contributed by atoms with Crippen LogP contribution in [0.3, 0.4) is 0 Å². The summed E-state index contributed by atoms with van der Waals surface area (Å²) in [7, 11) is 0. The normalized spacial score (nSPS) is 19.3. The molecule has 0 heterocycles. The maximum absolute atomic E-state index is 14.2. The summed E-state index contributed by atoms with van der Waals surface area (Å²) in [6.45, 7) is 2.12. The Bertz CT molecular complexity index is 989. The van der Waals surface area contributed by atoms with Crippen LogP contribution in [0.4, 0.5) is 13.2 Å². The Morgan fingerprint density at radius 1 is 0.963 bits per heavy atom. The second-order valence-electron chi connectivity index (χ2n) is 7.33. The topological polar surface area (TPSA) is 0 Å². The van der Waals surface area contributed by atoms with Gasteiger partial charge in [0.25, 0.3) is 0 Å². The van der Waals surface area contributed by atoms with Gasteiger partial charge in [0.05, 0.1) is 0 Å². The SMILES string of the molecule is CCCC1CCc2c(ccc3c(F)cccc23)C1c1cc(F)c(Cl)c(F)c1. The Kier molecular flexibility index (Phi) is 4.90. The predicted octanol–water partition coefficient (Wildman–Crippen LogP) is 7.40. The van der Waals surface area contributed by atoms with Crippen molar-refractivity contribution in [3.05, 3.63) is 81.6 Å². The van der Waals surface area contributed by atoms with Crippen LogP contribution in [0.15, 0.2) is 42.5 Å². The van der Waals surface area contributed by atoms with Gasteiger partial charge >= 0.3 is 0 Å². The minimum absolute atomic E-state index is 0.123. The molecule has 3 aromatic carbocycles. The molecule has 2 atom stereocenters. The smallest absolute Gasteiger partial charge is 0.145 e. The molecule has 0 fully saturated rings. The zero-order valence-corrected chi connectivity index (χ0v) is 15.8. The molecule has 0 N–H and O–H groups in total. The Hall–Kier alpha value is -2.00. The quantitative estimate of drug-likeness (QED) is 0.410. The molecule has 27 heavy (non-hydrogen) atoms. The first-order chi connectivity index (χ1) is 13.0. The molecule has 1 aliphatic carbocycles. The van der Waals surface area contributed by atoms with E-state index in [9.17, 15) is 13.2 Å². The maximum atomic E-state index is 14.2. The fourth-order valence-electron chi connectivity index (χ4n) is 4.61. The first-order valence-electron chi connectivity index (χ1n) is 9.35. The molecule has 0 amide bonds. The van der Waals surface area contributed by atoms with Crippen molar-refractivity contribution >= 4 is 22.4 Å². The molecule has 4 rings (SSSR count). The van der Waals surface area contributed by atoms with Gasteiger partial charge in [-0.3, -0.25) is 0 Å². The van der Waals surface area contributed by atoms with Crippen LogP contribution in [-0.4, -0.2) is 0 Å². The van der Waals surface area contributed by atoms with Crippen LogP contribution >= 0.6 is 11.6 Å². The minimum atomic E-state index is -0.735. The number of hydrogen-bond donors (Lipinski definition) is 0. The molecule has 2 unspecified atom stereocenters. The third kappa shape index (κ3) is 3.12. The van der Waals surface area contributed by atoms with Gasteiger partial charge in [-0.2, -0.15) is 0 Å². The van der Waals surface area contributed by atoms with E-state index in [-0.39, 0.29) is 17.7 Å². The summed E-state index contributed by atoms with van der Waals surface area (Å²) in [5.74, 6) is -1.55. The summed E-state index contributed by atoms with van der Waals surface area (Å²) in [6.07, 6.45) is 3.72. The Balaban J connectivity index is 1.94. The third-order valence-electron chi connectivity index (χ3n) is 5.75. The maximum Gasteiger partial charge on any atom is 0.145 e. The van der Waals surface area contributed by atoms with Crippen LogP contribution in [0.25, 0.3) is 10.8 Å². The van der Waals surface area contributed by atoms with Crippen molar-refractivity contribution in [2.45, 2.75) is 38.5 Å². The molecule has 0 aliphatic heterocycles. The van der Waals surface area contributed by atoms with E-state index in [1.807, 2.05) is 12.1 Å². The van der Waals surface area contributed by atoms with Gasteiger partial charge in [0.2, 0.25) is 0 Å². The van der Waals surface area contributed by atoms with Crippen LogP contribution in [0.5, 0.6) is 0 Å². The number of halogens is 4. The van der Waals surface area contributed by atoms with Crippen molar-refractivity contribution in [3.63, 3.8) is 0 Å². The standard InChI is InChI=1S/C23H20ClF3/c1-2-4-13-7-8-16-15-5-3-6-19(25)17(15)9-10-18(16)22(13)14-11-20(26)23(24)21(27)12-14/h3,5-6,9-13,22H,2,4,7-8H2,1H3. The van der Waals surface area contributed by atoms with E-state index in [2.05, 4.69) is 6.92 Å². The first kappa shape index (κ1) is 18.4. The molecule has 4 heteroatoms. The molecular weight excluding hydrogens is 369 g/mol. The number of hydrogen-bond acceptors (Lipinski definition) is 0. The highest BCUT2D eigenvalue weighted by molar-refractivity contribution is 6.30. The summed E-state index contributed by atoms with van der Waals surface area (Å²) in [5, 5.41) is 1.02. The van der Waals surface area contributed by atoms with E-state index in [1.54, 1.807) is 12.1 Å². The lowest BCUT2D eigenvalue weighted by Crippen LogP contribution is -2.22. The van der Waals surface area contributed by atoms with Crippen LogP contribution in [0, 0.1) is 23.4 Å². The summed E-state index contributed by atoms with van der Waals surface area (Å²) < 4.78 is 42.5. The molecule has 0 saturated heterocycles. The van der Waals surface area contributed by atoms with Gasteiger partial charge in [-0.15, -0.1) is 0 Å². The molecule has 1 aliphatic rings. The Labute approximate surface area is 162 Å². The van der Waals surface area contributed by atoms with Crippen molar-refractivity contribution < 1.29 is 13.2 Å². The van der Waals surface area contributed by atoms with Gasteiger partial charge in [0.15, 0.2) is 0 Å². The van der Waals surface area contributed by atoms with E-state index in [4.69, 9.17) is 11.6 Å². The second-order valence-corrected chi connectivity index (χ2v) is 7.71. The monoisotopic (exact) mass is 388 g/mol. The van der Waals surface area contributed by atoms with Crippen molar-refractivity contribution in [2.24, 2.45) is 5.92 Å². The third-order valence-corrected chi connectivity index (χ3v) is 6.11. The van der Waals surface area contributed by atoms with Gasteiger partial charge in [0, 0.05) is 11.3 Å². The fourth-order valence-corrected chi connectivity index (χ4v) is 4.72. The molecule has 0 nitrogen and oxygen atoms in total. The van der Waals surface area contributed by atoms with Crippen molar-refractivity contribution in [1.29, 1.82) is 0 Å². The van der Waals surface area contributed by atoms with Crippen molar-refractivity contribution in [2.75, 3.05) is 0 Å². The molecule has 0 aromatic heterocycles. The molecule has 0 bridgehead atoms. The molecule has 3 aromatic rings. The van der Waals surface area contributed by atoms with E-state index >= 15 is 0 Å². The van der Waals surface area contributed by atoms with Crippen molar-refractivity contribution in [1.82, 2.24) is 0 Å². The largest absolute Gasteiger partial charge is 0.206 e. The summed E-state index contributed by atoms with van der Waals surface area (Å²) in [4.78, 5) is 0. The molecule has 0 saturated carbocycles. The van der Waals surface area contributed by atoms with E-state index in [1.165, 1.54) is 18.2 Å². The minimum Gasteiger partial charge on any atom is -0.206 e. The Morgan fingerprint density at radius 3 is 2.41 bits per heavy atom. The highest BCUT2D eigenvalue weighted by Crippen LogP contribution is 2.46. The summed E-state index contributed by atoms with van der Waals surface area (Å²) in [5.41, 5.74) is 2.73. The lowest BCUT2D eigenvalue weighted by molar-refractivity contribution is 0.378. The zero-order chi connectivity index (χ0) is 19.1. The van der Waals surface area contributed by atoms with E-state index in [0.29, 0.717) is 10.9 Å². The van der Waals surface area contributed by atoms with Crippen molar-refractivity contribution in [3.8, 4) is 0 Å². The predicted molar refractivity (Wildman–Crippen MR) is 104 cm³/mol. The molecular formula is C23H20ClF3. The second kappa shape index (κ2) is 7.20. The number of aryl methyl sites for hydroxylation is 1. The highest BCUT2D eigenvalue weighted by Gasteiger charge is 2.32. The van der Waals surface area contributed by atoms with Gasteiger partial charge in [0.1, 0.15) is 22.5 Å². The average molecular weight is 389 g/mol. The zero-order valence-electron chi connectivity index (χ0n) is 15.0. The van der Waals surface area contributed by atoms with Gasteiger partial charge in [-0.05, 0) is 65.5 Å². The van der Waals surface area contributed by atoms with Crippen LogP contribution in [0.1, 0.15) is 48.8 Å². The number of benzene rings is 3. The van der Waals surface area contributed by atoms with Gasteiger partial charge < -0.3 is 0 Å². The van der Waals surface area contributed by atoms with Gasteiger partial charge in [-0.25, -0.2) is 13.2 Å². The average Bonchev–Trinajstić information content (AvgIpc) is 2.65.